The van der Waals surface area contributed by atoms with Gasteiger partial charge in [-0.2, -0.15) is 0 Å². The van der Waals surface area contributed by atoms with Gasteiger partial charge in [0, 0.05) is 7.05 Å². The largest absolute Gasteiger partial charge is 0.357 e. The van der Waals surface area contributed by atoms with E-state index in [1.807, 2.05) is 0 Å². The number of nitrogens with two attached hydrogens (primary N) is 1. The molecule has 15 heavy (non-hydrogen) atoms. The summed E-state index contributed by atoms with van der Waals surface area (Å²) in [5.74, 6) is 5.98. The van der Waals surface area contributed by atoms with Gasteiger partial charge in [-0.1, -0.05) is 0 Å². The van der Waals surface area contributed by atoms with E-state index in [1.165, 1.54) is 12.4 Å². The zero-order valence-electron chi connectivity index (χ0n) is 8.61. The molecular weight excluding hydrogens is 196 g/mol. The summed E-state index contributed by atoms with van der Waals surface area (Å²) in [6.45, 7) is 1.73. The minimum Gasteiger partial charge on any atom is -0.357 e. The molecule has 0 radical (unpaired) electrons. The highest BCUT2D eigenvalue weighted by atomic mass is 16.2. The fraction of sp³-hybridized carbons (Fsp3) is 0.375. The predicted molar refractivity (Wildman–Crippen MR) is 57.0 cm³/mol. The van der Waals surface area contributed by atoms with Crippen LogP contribution in [-0.4, -0.2) is 29.0 Å². The van der Waals surface area contributed by atoms with Crippen LogP contribution in [0.3, 0.4) is 0 Å². The Balaban J connectivity index is 2.67. The number of nitrogens with one attached hydrogen (secondary N) is 3. The van der Waals surface area contributed by atoms with Gasteiger partial charge >= 0.3 is 0 Å². The minimum absolute atomic E-state index is 0.122. The molecule has 0 aliphatic carbocycles. The molecule has 0 saturated heterocycles. The number of hydrogen-bond acceptors (Lipinski definition) is 6. The van der Waals surface area contributed by atoms with Gasteiger partial charge in [0.05, 0.1) is 12.4 Å². The maximum atomic E-state index is 11.2. The van der Waals surface area contributed by atoms with Crippen molar-refractivity contribution >= 4 is 17.5 Å². The Hall–Kier alpha value is -1.89. The zero-order chi connectivity index (χ0) is 11.3. The van der Waals surface area contributed by atoms with E-state index in [0.717, 1.165) is 0 Å². The van der Waals surface area contributed by atoms with Gasteiger partial charge in [-0.3, -0.25) is 9.78 Å². The molecule has 82 valence electrons. The molecule has 1 unspecified atom stereocenters. The van der Waals surface area contributed by atoms with Crippen molar-refractivity contribution in [3.8, 4) is 0 Å². The molecule has 0 fully saturated rings. The van der Waals surface area contributed by atoms with Crippen molar-refractivity contribution in [2.75, 3.05) is 17.8 Å². The number of aromatic nitrogens is 2. The molecule has 0 spiro atoms. The lowest BCUT2D eigenvalue weighted by Gasteiger charge is -2.12. The third kappa shape index (κ3) is 3.06. The second-order valence-electron chi connectivity index (χ2n) is 2.91. The van der Waals surface area contributed by atoms with Gasteiger partial charge in [-0.05, 0) is 6.92 Å². The average Bonchev–Trinajstić information content (AvgIpc) is 2.28. The highest BCUT2D eigenvalue weighted by Crippen LogP contribution is 2.06. The molecule has 5 N–H and O–H groups in total. The van der Waals surface area contributed by atoms with Crippen molar-refractivity contribution in [2.45, 2.75) is 13.0 Å². The summed E-state index contributed by atoms with van der Waals surface area (Å²) < 4.78 is 0. The van der Waals surface area contributed by atoms with Crippen LogP contribution in [0.1, 0.15) is 6.92 Å². The third-order valence-electron chi connectivity index (χ3n) is 1.79. The van der Waals surface area contributed by atoms with Crippen LogP contribution in [0, 0.1) is 0 Å². The summed E-state index contributed by atoms with van der Waals surface area (Å²) in [7, 11) is 1.57. The predicted octanol–water partition coefficient (Wildman–Crippen LogP) is -0.691. The number of carbonyl (C=O) groups is 1. The number of hydrazine groups is 1. The van der Waals surface area contributed by atoms with Crippen LogP contribution in [-0.2, 0) is 4.79 Å². The second kappa shape index (κ2) is 5.11. The molecule has 7 nitrogen and oxygen atoms in total. The average molecular weight is 210 g/mol. The third-order valence-corrected chi connectivity index (χ3v) is 1.79. The quantitative estimate of drug-likeness (QED) is 0.387. The summed E-state index contributed by atoms with van der Waals surface area (Å²) in [6.07, 6.45) is 3.00. The molecule has 0 saturated carbocycles. The topological polar surface area (TPSA) is 105 Å². The Morgan fingerprint density at radius 3 is 2.73 bits per heavy atom. The maximum Gasteiger partial charge on any atom is 0.241 e. The lowest BCUT2D eigenvalue weighted by Crippen LogP contribution is -2.35. The first-order chi connectivity index (χ1) is 7.17. The summed E-state index contributed by atoms with van der Waals surface area (Å²) in [6, 6.07) is -0.377. The van der Waals surface area contributed by atoms with Crippen molar-refractivity contribution in [1.29, 1.82) is 0 Å². The molecule has 1 aromatic heterocycles. The standard InChI is InChI=1S/C8H14N6O/c1-5(8(15)10-2)12-6-3-11-4-7(13-6)14-9/h3-5H,9H2,1-2H3,(H,10,15)(H2,12,13,14). The lowest BCUT2D eigenvalue weighted by molar-refractivity contribution is -0.121. The number of carbonyl (C=O) groups excluding carboxylic acids is 1. The first-order valence-electron chi connectivity index (χ1n) is 4.44. The Morgan fingerprint density at radius 1 is 1.47 bits per heavy atom. The molecule has 0 aliphatic heterocycles. The number of hydrogen-bond donors (Lipinski definition) is 4. The summed E-state index contributed by atoms with van der Waals surface area (Å²) >= 11 is 0. The van der Waals surface area contributed by atoms with Gasteiger partial charge in [0.25, 0.3) is 0 Å². The van der Waals surface area contributed by atoms with Gasteiger partial charge in [0.15, 0.2) is 5.82 Å². The molecule has 1 rings (SSSR count). The van der Waals surface area contributed by atoms with Crippen LogP contribution in [0.2, 0.25) is 0 Å². The van der Waals surface area contributed by atoms with Crippen molar-refractivity contribution in [1.82, 2.24) is 15.3 Å². The number of amides is 1. The van der Waals surface area contributed by atoms with E-state index in [0.29, 0.717) is 11.6 Å². The first kappa shape index (κ1) is 11.2. The minimum atomic E-state index is -0.377. The molecule has 1 atom stereocenters. The van der Waals surface area contributed by atoms with Crippen molar-refractivity contribution in [3.63, 3.8) is 0 Å². The van der Waals surface area contributed by atoms with Crippen LogP contribution < -0.4 is 21.9 Å². The van der Waals surface area contributed by atoms with Crippen LogP contribution in [0.25, 0.3) is 0 Å². The van der Waals surface area contributed by atoms with E-state index in [2.05, 4.69) is 26.0 Å². The smallest absolute Gasteiger partial charge is 0.241 e. The Bertz CT molecular complexity index is 342. The molecule has 1 amide bonds. The number of anilines is 2. The van der Waals surface area contributed by atoms with Crippen molar-refractivity contribution in [2.24, 2.45) is 5.84 Å². The Morgan fingerprint density at radius 2 is 2.13 bits per heavy atom. The second-order valence-corrected chi connectivity index (χ2v) is 2.91. The number of nitrogen functional groups attached to an aromatic ring is 1. The summed E-state index contributed by atoms with van der Waals surface area (Å²) in [5.41, 5.74) is 2.37. The molecular formula is C8H14N6O. The normalized spacial score (nSPS) is 11.7. The summed E-state index contributed by atoms with van der Waals surface area (Å²) in [4.78, 5) is 19.2. The molecule has 1 aromatic rings. The monoisotopic (exact) mass is 210 g/mol. The number of likely N-dealkylation sites (N-methyl/N-ethyl adjacent to an activating group) is 1. The first-order valence-corrected chi connectivity index (χ1v) is 4.44. The molecule has 7 heteroatoms. The van der Waals surface area contributed by atoms with E-state index in [9.17, 15) is 4.79 Å². The van der Waals surface area contributed by atoms with Crippen LogP contribution >= 0.6 is 0 Å². The van der Waals surface area contributed by atoms with Crippen molar-refractivity contribution < 1.29 is 4.79 Å². The highest BCUT2D eigenvalue weighted by Gasteiger charge is 2.10. The van der Waals surface area contributed by atoms with Crippen LogP contribution in [0.4, 0.5) is 11.6 Å². The zero-order valence-corrected chi connectivity index (χ0v) is 8.61. The van der Waals surface area contributed by atoms with E-state index in [1.54, 1.807) is 14.0 Å². The molecule has 0 bridgehead atoms. The van der Waals surface area contributed by atoms with Gasteiger partial charge in [0.2, 0.25) is 5.91 Å². The van der Waals surface area contributed by atoms with E-state index in [-0.39, 0.29) is 11.9 Å². The fourth-order valence-corrected chi connectivity index (χ4v) is 1.01. The fourth-order valence-electron chi connectivity index (χ4n) is 1.01. The van der Waals surface area contributed by atoms with Gasteiger partial charge in [-0.15, -0.1) is 0 Å². The molecule has 0 aliphatic rings. The van der Waals surface area contributed by atoms with Gasteiger partial charge in [0.1, 0.15) is 11.9 Å². The van der Waals surface area contributed by atoms with E-state index >= 15 is 0 Å². The SMILES string of the molecule is CNC(=O)C(C)Nc1cncc(NN)n1. The van der Waals surface area contributed by atoms with E-state index < -0.39 is 0 Å². The number of rotatable bonds is 4. The number of nitrogens with zero attached hydrogens (tertiary/aromatic N) is 2. The lowest BCUT2D eigenvalue weighted by atomic mass is 10.3. The van der Waals surface area contributed by atoms with Gasteiger partial charge in [-0.25, -0.2) is 10.8 Å². The van der Waals surface area contributed by atoms with Crippen LogP contribution in [0.5, 0.6) is 0 Å². The van der Waals surface area contributed by atoms with Crippen LogP contribution in [0.15, 0.2) is 12.4 Å². The molecule has 0 aromatic carbocycles. The highest BCUT2D eigenvalue weighted by molar-refractivity contribution is 5.83. The van der Waals surface area contributed by atoms with Crippen molar-refractivity contribution in [3.05, 3.63) is 12.4 Å². The Labute approximate surface area is 87.5 Å². The van der Waals surface area contributed by atoms with Gasteiger partial charge < -0.3 is 16.1 Å². The molecule has 1 heterocycles. The Kier molecular flexibility index (Phi) is 3.81. The maximum absolute atomic E-state index is 11.2. The summed E-state index contributed by atoms with van der Waals surface area (Å²) in [5, 5.41) is 5.41. The van der Waals surface area contributed by atoms with E-state index in [4.69, 9.17) is 5.84 Å².